The first-order valence-corrected chi connectivity index (χ1v) is 6.67. The molecule has 0 saturated carbocycles. The SMILES string of the molecule is Cc1ccc(C(NN)c2ccc(I)cc2)cc1F. The van der Waals surface area contributed by atoms with E-state index in [4.69, 9.17) is 5.84 Å². The van der Waals surface area contributed by atoms with Gasteiger partial charge >= 0.3 is 0 Å². The van der Waals surface area contributed by atoms with Crippen LogP contribution in [0, 0.1) is 16.3 Å². The van der Waals surface area contributed by atoms with E-state index in [2.05, 4.69) is 28.0 Å². The summed E-state index contributed by atoms with van der Waals surface area (Å²) in [7, 11) is 0. The summed E-state index contributed by atoms with van der Waals surface area (Å²) in [5.74, 6) is 5.38. The molecule has 2 aromatic carbocycles. The third kappa shape index (κ3) is 2.88. The summed E-state index contributed by atoms with van der Waals surface area (Å²) in [6, 6.07) is 13.0. The molecule has 0 radical (unpaired) electrons. The van der Waals surface area contributed by atoms with Crippen molar-refractivity contribution in [2.45, 2.75) is 13.0 Å². The summed E-state index contributed by atoms with van der Waals surface area (Å²) < 4.78 is 14.7. The molecule has 0 saturated heterocycles. The zero-order valence-corrected chi connectivity index (χ0v) is 12.1. The molecule has 0 fully saturated rings. The highest BCUT2D eigenvalue weighted by Crippen LogP contribution is 2.23. The number of nitrogens with two attached hydrogens (primary N) is 1. The van der Waals surface area contributed by atoms with E-state index < -0.39 is 0 Å². The number of hydrogen-bond donors (Lipinski definition) is 2. The average molecular weight is 356 g/mol. The molecule has 18 heavy (non-hydrogen) atoms. The maximum Gasteiger partial charge on any atom is 0.126 e. The van der Waals surface area contributed by atoms with Crippen LogP contribution < -0.4 is 11.3 Å². The molecule has 2 nitrogen and oxygen atoms in total. The van der Waals surface area contributed by atoms with Gasteiger partial charge in [0.15, 0.2) is 0 Å². The fourth-order valence-electron chi connectivity index (χ4n) is 1.83. The Morgan fingerprint density at radius 3 is 2.28 bits per heavy atom. The number of aryl methyl sites for hydroxylation is 1. The number of halogens is 2. The number of hydrazine groups is 1. The summed E-state index contributed by atoms with van der Waals surface area (Å²) in [4.78, 5) is 0. The molecule has 94 valence electrons. The minimum Gasteiger partial charge on any atom is -0.271 e. The number of nitrogens with one attached hydrogen (secondary N) is 1. The van der Waals surface area contributed by atoms with Crippen molar-refractivity contribution in [2.24, 2.45) is 5.84 Å². The van der Waals surface area contributed by atoms with Gasteiger partial charge in [0.05, 0.1) is 6.04 Å². The van der Waals surface area contributed by atoms with Gasteiger partial charge < -0.3 is 0 Å². The van der Waals surface area contributed by atoms with Gasteiger partial charge in [0.25, 0.3) is 0 Å². The summed E-state index contributed by atoms with van der Waals surface area (Å²) in [5.41, 5.74) is 5.20. The molecule has 0 aromatic heterocycles. The van der Waals surface area contributed by atoms with Gasteiger partial charge in [-0.3, -0.25) is 5.84 Å². The van der Waals surface area contributed by atoms with E-state index in [-0.39, 0.29) is 11.9 Å². The lowest BCUT2D eigenvalue weighted by Gasteiger charge is -2.17. The normalized spacial score (nSPS) is 12.4. The van der Waals surface area contributed by atoms with Crippen LogP contribution in [-0.2, 0) is 0 Å². The van der Waals surface area contributed by atoms with Crippen LogP contribution in [0.4, 0.5) is 4.39 Å². The van der Waals surface area contributed by atoms with Crippen LogP contribution in [-0.4, -0.2) is 0 Å². The highest BCUT2D eigenvalue weighted by molar-refractivity contribution is 14.1. The molecule has 2 rings (SSSR count). The quantitative estimate of drug-likeness (QED) is 0.503. The second-order valence-corrected chi connectivity index (χ2v) is 5.41. The molecule has 0 aliphatic carbocycles. The van der Waals surface area contributed by atoms with E-state index in [9.17, 15) is 4.39 Å². The average Bonchev–Trinajstić information content (AvgIpc) is 2.37. The van der Waals surface area contributed by atoms with Gasteiger partial charge in [-0.05, 0) is 64.4 Å². The van der Waals surface area contributed by atoms with Crippen molar-refractivity contribution in [1.82, 2.24) is 5.43 Å². The molecule has 1 unspecified atom stereocenters. The Morgan fingerprint density at radius 1 is 1.11 bits per heavy atom. The summed E-state index contributed by atoms with van der Waals surface area (Å²) in [6.45, 7) is 1.74. The van der Waals surface area contributed by atoms with E-state index in [1.807, 2.05) is 30.3 Å². The Hall–Kier alpha value is -0.980. The van der Waals surface area contributed by atoms with Crippen molar-refractivity contribution in [3.05, 3.63) is 68.5 Å². The first kappa shape index (κ1) is 13.5. The Kier molecular flexibility index (Phi) is 4.31. The van der Waals surface area contributed by atoms with Crippen LogP contribution in [0.1, 0.15) is 22.7 Å². The molecule has 0 heterocycles. The Labute approximate surface area is 120 Å². The molecular weight excluding hydrogens is 342 g/mol. The molecule has 0 aliphatic heterocycles. The van der Waals surface area contributed by atoms with E-state index in [1.54, 1.807) is 13.0 Å². The Bertz CT molecular complexity index is 540. The van der Waals surface area contributed by atoms with Crippen LogP contribution in [0.5, 0.6) is 0 Å². The van der Waals surface area contributed by atoms with Crippen LogP contribution >= 0.6 is 22.6 Å². The maximum absolute atomic E-state index is 13.6. The van der Waals surface area contributed by atoms with Crippen LogP contribution in [0.15, 0.2) is 42.5 Å². The van der Waals surface area contributed by atoms with Crippen molar-refractivity contribution < 1.29 is 4.39 Å². The molecule has 4 heteroatoms. The third-order valence-corrected chi connectivity index (χ3v) is 3.62. The second kappa shape index (κ2) is 5.77. The lowest BCUT2D eigenvalue weighted by Crippen LogP contribution is -2.28. The molecule has 2 aromatic rings. The van der Waals surface area contributed by atoms with Crippen molar-refractivity contribution in [1.29, 1.82) is 0 Å². The zero-order chi connectivity index (χ0) is 13.1. The molecule has 3 N–H and O–H groups in total. The van der Waals surface area contributed by atoms with Gasteiger partial charge in [0.1, 0.15) is 5.82 Å². The highest BCUT2D eigenvalue weighted by atomic mass is 127. The van der Waals surface area contributed by atoms with Crippen molar-refractivity contribution in [3.63, 3.8) is 0 Å². The minimum absolute atomic E-state index is 0.197. The summed E-state index contributed by atoms with van der Waals surface area (Å²) >= 11 is 2.24. The predicted octanol–water partition coefficient (Wildman–Crippen LogP) is 3.29. The standard InChI is InChI=1S/C14H14FIN2/c1-9-2-3-11(8-13(9)15)14(18-17)10-4-6-12(16)7-5-10/h2-8,14,18H,17H2,1H3. The van der Waals surface area contributed by atoms with Crippen molar-refractivity contribution in [3.8, 4) is 0 Å². The van der Waals surface area contributed by atoms with Crippen LogP contribution in [0.2, 0.25) is 0 Å². The van der Waals surface area contributed by atoms with Gasteiger partial charge in [-0.15, -0.1) is 0 Å². The van der Waals surface area contributed by atoms with Crippen LogP contribution in [0.25, 0.3) is 0 Å². The minimum atomic E-state index is -0.210. The summed E-state index contributed by atoms with van der Waals surface area (Å²) in [6.07, 6.45) is 0. The predicted molar refractivity (Wildman–Crippen MR) is 79.5 cm³/mol. The van der Waals surface area contributed by atoms with E-state index >= 15 is 0 Å². The van der Waals surface area contributed by atoms with Gasteiger partial charge in [-0.1, -0.05) is 24.3 Å². The fraction of sp³-hybridized carbons (Fsp3) is 0.143. The smallest absolute Gasteiger partial charge is 0.126 e. The van der Waals surface area contributed by atoms with Crippen molar-refractivity contribution in [2.75, 3.05) is 0 Å². The van der Waals surface area contributed by atoms with Crippen LogP contribution in [0.3, 0.4) is 0 Å². The summed E-state index contributed by atoms with van der Waals surface area (Å²) in [5, 5.41) is 0. The Morgan fingerprint density at radius 2 is 1.72 bits per heavy atom. The Balaban J connectivity index is 2.38. The highest BCUT2D eigenvalue weighted by Gasteiger charge is 2.13. The molecule has 0 bridgehead atoms. The number of rotatable bonds is 3. The maximum atomic E-state index is 13.6. The molecule has 1 atom stereocenters. The monoisotopic (exact) mass is 356 g/mol. The molecule has 0 spiro atoms. The van der Waals surface area contributed by atoms with Gasteiger partial charge in [0, 0.05) is 3.57 Å². The largest absolute Gasteiger partial charge is 0.271 e. The first-order chi connectivity index (χ1) is 8.61. The van der Waals surface area contributed by atoms with Gasteiger partial charge in [0.2, 0.25) is 0 Å². The lowest BCUT2D eigenvalue weighted by atomic mass is 9.98. The second-order valence-electron chi connectivity index (χ2n) is 4.16. The molecule has 0 aliphatic rings. The third-order valence-electron chi connectivity index (χ3n) is 2.90. The first-order valence-electron chi connectivity index (χ1n) is 5.59. The topological polar surface area (TPSA) is 38.0 Å². The fourth-order valence-corrected chi connectivity index (χ4v) is 2.19. The van der Waals surface area contributed by atoms with Gasteiger partial charge in [-0.25, -0.2) is 9.82 Å². The zero-order valence-electron chi connectivity index (χ0n) is 9.95. The van der Waals surface area contributed by atoms with E-state index in [1.165, 1.54) is 6.07 Å². The molecular formula is C14H14FIN2. The van der Waals surface area contributed by atoms with Gasteiger partial charge in [-0.2, -0.15) is 0 Å². The number of hydrogen-bond acceptors (Lipinski definition) is 2. The molecule has 0 amide bonds. The van der Waals surface area contributed by atoms with Crippen molar-refractivity contribution >= 4 is 22.6 Å². The van der Waals surface area contributed by atoms with E-state index in [0.717, 1.165) is 14.7 Å². The van der Waals surface area contributed by atoms with E-state index in [0.29, 0.717) is 5.56 Å². The lowest BCUT2D eigenvalue weighted by molar-refractivity contribution is 0.599. The number of benzene rings is 2.